The van der Waals surface area contributed by atoms with Crippen molar-refractivity contribution in [2.75, 3.05) is 6.61 Å². The Labute approximate surface area is 150 Å². The van der Waals surface area contributed by atoms with Gasteiger partial charge in [-0.2, -0.15) is 0 Å². The Hall–Kier alpha value is -2.11. The molecule has 0 fully saturated rings. The molecule has 3 aromatic rings. The van der Waals surface area contributed by atoms with E-state index in [1.165, 1.54) is 11.6 Å². The maximum absolute atomic E-state index is 6.04. The summed E-state index contributed by atoms with van der Waals surface area (Å²) in [5, 5.41) is 0.997. The number of hydrogen-bond donors (Lipinski definition) is 0. The third-order valence-corrected chi connectivity index (χ3v) is 5.80. The van der Waals surface area contributed by atoms with Crippen LogP contribution in [0.4, 0.5) is 0 Å². The van der Waals surface area contributed by atoms with Crippen molar-refractivity contribution in [3.05, 3.63) is 54.4 Å². The van der Waals surface area contributed by atoms with Gasteiger partial charge in [0.25, 0.3) is 0 Å². The van der Waals surface area contributed by atoms with E-state index < -0.39 is 8.07 Å². The predicted octanol–water partition coefficient (Wildman–Crippen LogP) is 5.45. The fourth-order valence-electron chi connectivity index (χ4n) is 2.53. The van der Waals surface area contributed by atoms with Crippen LogP contribution in [0.1, 0.15) is 5.56 Å². The highest BCUT2D eigenvalue weighted by Crippen LogP contribution is 2.29. The molecular weight excluding hydrogens is 328 g/mol. The summed E-state index contributed by atoms with van der Waals surface area (Å²) in [7, 11) is -1.06. The van der Waals surface area contributed by atoms with Gasteiger partial charge in [-0.1, -0.05) is 37.3 Å². The minimum atomic E-state index is -1.06. The van der Waals surface area contributed by atoms with Crippen LogP contribution < -0.4 is 4.74 Å². The molecule has 0 saturated carbocycles. The Bertz CT molecular complexity index is 835. The molecule has 0 aliphatic carbocycles. The van der Waals surface area contributed by atoms with Gasteiger partial charge < -0.3 is 14.0 Å². The van der Waals surface area contributed by atoms with Gasteiger partial charge in [-0.25, -0.2) is 4.98 Å². The summed E-state index contributed by atoms with van der Waals surface area (Å²) in [6.07, 6.45) is 3.79. The van der Waals surface area contributed by atoms with Crippen molar-refractivity contribution in [1.82, 2.24) is 9.55 Å². The first-order valence-corrected chi connectivity index (χ1v) is 12.4. The first-order chi connectivity index (χ1) is 11.9. The lowest BCUT2D eigenvalue weighted by Crippen LogP contribution is -2.22. The topological polar surface area (TPSA) is 36.3 Å². The number of fused-ring (bicyclic) bond motifs is 1. The lowest BCUT2D eigenvalue weighted by atomic mass is 10.2. The number of hydrogen-bond acceptors (Lipinski definition) is 3. The molecule has 3 rings (SSSR count). The second-order valence-electron chi connectivity index (χ2n) is 7.60. The van der Waals surface area contributed by atoms with E-state index in [2.05, 4.69) is 31.5 Å². The van der Waals surface area contributed by atoms with Crippen LogP contribution in [0.5, 0.6) is 11.5 Å². The smallest absolute Gasteiger partial charge is 0.145 e. The molecule has 0 spiro atoms. The number of benzene rings is 1. The molecule has 0 amide bonds. The van der Waals surface area contributed by atoms with Gasteiger partial charge in [-0.05, 0) is 37.2 Å². The van der Waals surface area contributed by atoms with Crippen LogP contribution in [0.25, 0.3) is 11.0 Å². The van der Waals surface area contributed by atoms with Gasteiger partial charge in [0.1, 0.15) is 23.9 Å². The van der Waals surface area contributed by atoms with E-state index in [-0.39, 0.29) is 0 Å². The number of rotatable bonds is 7. The Kier molecular flexibility index (Phi) is 5.25. The van der Waals surface area contributed by atoms with E-state index >= 15 is 0 Å². The van der Waals surface area contributed by atoms with E-state index in [9.17, 15) is 0 Å². The summed E-state index contributed by atoms with van der Waals surface area (Å²) in [4.78, 5) is 4.50. The van der Waals surface area contributed by atoms with Crippen LogP contribution in [-0.4, -0.2) is 24.2 Å². The third kappa shape index (κ3) is 4.71. The Morgan fingerprint density at radius 3 is 2.52 bits per heavy atom. The van der Waals surface area contributed by atoms with E-state index in [1.807, 2.05) is 47.2 Å². The van der Waals surface area contributed by atoms with Crippen LogP contribution in [0.2, 0.25) is 25.7 Å². The van der Waals surface area contributed by atoms with Gasteiger partial charge in [-0.3, -0.25) is 0 Å². The molecule has 0 saturated heterocycles. The van der Waals surface area contributed by atoms with Crippen molar-refractivity contribution in [1.29, 1.82) is 0 Å². The van der Waals surface area contributed by atoms with Gasteiger partial charge in [0.05, 0.1) is 5.39 Å². The van der Waals surface area contributed by atoms with Crippen molar-refractivity contribution in [2.45, 2.75) is 39.3 Å². The zero-order chi connectivity index (χ0) is 17.9. The summed E-state index contributed by atoms with van der Waals surface area (Å²) in [6, 6.07) is 13.2. The largest absolute Gasteiger partial charge is 0.457 e. The van der Waals surface area contributed by atoms with Crippen LogP contribution in [0, 0.1) is 6.92 Å². The Morgan fingerprint density at radius 2 is 1.80 bits per heavy atom. The first kappa shape index (κ1) is 17.7. The molecule has 0 N–H and O–H groups in total. The Balaban J connectivity index is 1.72. The minimum Gasteiger partial charge on any atom is -0.457 e. The van der Waals surface area contributed by atoms with Crippen molar-refractivity contribution < 1.29 is 9.47 Å². The molecule has 0 radical (unpaired) electrons. The fraction of sp³-hybridized carbons (Fsp3) is 0.350. The molecule has 25 heavy (non-hydrogen) atoms. The second-order valence-corrected chi connectivity index (χ2v) is 13.2. The molecule has 4 nitrogen and oxygen atoms in total. The molecule has 0 bridgehead atoms. The predicted molar refractivity (Wildman–Crippen MR) is 105 cm³/mol. The standard InChI is InChI=1S/C20H26N2O2Si/c1-16-5-7-17(8-6-16)24-19-9-11-21-20-18(19)10-12-22(20)15-23-13-14-25(2,3)4/h5-12H,13-15H2,1-4H3. The van der Waals surface area contributed by atoms with E-state index in [4.69, 9.17) is 9.47 Å². The highest BCUT2D eigenvalue weighted by molar-refractivity contribution is 6.76. The maximum atomic E-state index is 6.04. The van der Waals surface area contributed by atoms with Crippen molar-refractivity contribution in [3.8, 4) is 11.5 Å². The Morgan fingerprint density at radius 1 is 1.04 bits per heavy atom. The molecule has 0 unspecified atom stereocenters. The average molecular weight is 355 g/mol. The molecule has 0 aliphatic heterocycles. The summed E-state index contributed by atoms with van der Waals surface area (Å²) in [5.41, 5.74) is 2.10. The van der Waals surface area contributed by atoms with Gasteiger partial charge >= 0.3 is 0 Å². The highest BCUT2D eigenvalue weighted by Gasteiger charge is 2.13. The third-order valence-electron chi connectivity index (χ3n) is 4.10. The number of nitrogens with zero attached hydrogens (tertiary/aromatic N) is 2. The summed E-state index contributed by atoms with van der Waals surface area (Å²) in [5.74, 6) is 1.65. The van der Waals surface area contributed by atoms with Gasteiger partial charge in [0, 0.05) is 27.1 Å². The zero-order valence-corrected chi connectivity index (χ0v) is 16.5. The summed E-state index contributed by atoms with van der Waals surface area (Å²) >= 11 is 0. The van der Waals surface area contributed by atoms with E-state index in [0.717, 1.165) is 29.1 Å². The van der Waals surface area contributed by atoms with Gasteiger partial charge in [0.2, 0.25) is 0 Å². The fourth-order valence-corrected chi connectivity index (χ4v) is 3.29. The molecule has 0 aliphatic rings. The molecule has 2 heterocycles. The molecule has 5 heteroatoms. The zero-order valence-electron chi connectivity index (χ0n) is 15.5. The molecular formula is C20H26N2O2Si. The van der Waals surface area contributed by atoms with Crippen molar-refractivity contribution in [3.63, 3.8) is 0 Å². The monoisotopic (exact) mass is 354 g/mol. The highest BCUT2D eigenvalue weighted by atomic mass is 28.3. The minimum absolute atomic E-state index is 0.523. The van der Waals surface area contributed by atoms with Crippen molar-refractivity contribution >= 4 is 19.1 Å². The number of aryl methyl sites for hydroxylation is 1. The number of pyridine rings is 1. The van der Waals surface area contributed by atoms with Crippen LogP contribution in [-0.2, 0) is 11.5 Å². The molecule has 2 aromatic heterocycles. The average Bonchev–Trinajstić information content (AvgIpc) is 2.97. The van der Waals surface area contributed by atoms with E-state index in [0.29, 0.717) is 6.73 Å². The maximum Gasteiger partial charge on any atom is 0.145 e. The lowest BCUT2D eigenvalue weighted by Gasteiger charge is -2.15. The SMILES string of the molecule is Cc1ccc(Oc2ccnc3c2ccn3COCC[Si](C)(C)C)cc1. The number of ether oxygens (including phenoxy) is 2. The second kappa shape index (κ2) is 7.41. The summed E-state index contributed by atoms with van der Waals surface area (Å²) in [6.45, 7) is 10.5. The van der Waals surface area contributed by atoms with E-state index in [1.54, 1.807) is 6.20 Å². The lowest BCUT2D eigenvalue weighted by molar-refractivity contribution is 0.0899. The van der Waals surface area contributed by atoms with Crippen molar-refractivity contribution in [2.24, 2.45) is 0 Å². The summed E-state index contributed by atoms with van der Waals surface area (Å²) < 4.78 is 13.9. The molecule has 0 atom stereocenters. The normalized spacial score (nSPS) is 11.8. The van der Waals surface area contributed by atoms with Crippen LogP contribution in [0.15, 0.2) is 48.8 Å². The van der Waals surface area contributed by atoms with Gasteiger partial charge in [0.15, 0.2) is 0 Å². The first-order valence-electron chi connectivity index (χ1n) is 8.68. The van der Waals surface area contributed by atoms with Gasteiger partial charge in [-0.15, -0.1) is 0 Å². The number of aromatic nitrogens is 2. The van der Waals surface area contributed by atoms with Crippen LogP contribution in [0.3, 0.4) is 0 Å². The van der Waals surface area contributed by atoms with Crippen LogP contribution >= 0.6 is 0 Å². The quantitative estimate of drug-likeness (QED) is 0.418. The molecule has 132 valence electrons. The molecule has 1 aromatic carbocycles.